The quantitative estimate of drug-likeness (QED) is 0.645. The highest BCUT2D eigenvalue weighted by atomic mass is 16.5. The van der Waals surface area contributed by atoms with Crippen molar-refractivity contribution in [3.8, 4) is 0 Å². The zero-order valence-corrected chi connectivity index (χ0v) is 12.3. The monoisotopic (exact) mass is 226 g/mol. The van der Waals surface area contributed by atoms with E-state index in [9.17, 15) is 0 Å². The zero-order valence-electron chi connectivity index (χ0n) is 12.3. The molecule has 0 fully saturated rings. The Bertz CT molecular complexity index is 228. The summed E-state index contributed by atoms with van der Waals surface area (Å²) >= 11 is 0. The lowest BCUT2D eigenvalue weighted by atomic mass is 9.73. The molecule has 0 aromatic rings. The predicted octanol–water partition coefficient (Wildman–Crippen LogP) is 5.17. The van der Waals surface area contributed by atoms with Gasteiger partial charge in [0, 0.05) is 5.41 Å². The van der Waals surface area contributed by atoms with Crippen molar-refractivity contribution in [2.75, 3.05) is 6.61 Å². The van der Waals surface area contributed by atoms with Gasteiger partial charge in [0.1, 0.15) is 5.76 Å². The Balaban J connectivity index is 0.00000106. The fraction of sp³-hybridized carbons (Fsp3) is 0.867. The topological polar surface area (TPSA) is 9.23 Å². The second-order valence-corrected chi connectivity index (χ2v) is 4.99. The Morgan fingerprint density at radius 1 is 1.31 bits per heavy atom. The van der Waals surface area contributed by atoms with E-state index in [4.69, 9.17) is 4.74 Å². The van der Waals surface area contributed by atoms with Gasteiger partial charge in [-0.05, 0) is 37.7 Å². The zero-order chi connectivity index (χ0) is 12.8. The molecule has 0 bridgehead atoms. The molecule has 0 radical (unpaired) electrons. The van der Waals surface area contributed by atoms with Crippen molar-refractivity contribution in [2.45, 2.75) is 67.7 Å². The summed E-state index contributed by atoms with van der Waals surface area (Å²) in [5.74, 6) is 1.93. The van der Waals surface area contributed by atoms with Crippen molar-refractivity contribution in [3.63, 3.8) is 0 Å². The minimum atomic E-state index is 0.241. The van der Waals surface area contributed by atoms with Crippen LogP contribution in [-0.2, 0) is 4.74 Å². The van der Waals surface area contributed by atoms with Crippen LogP contribution < -0.4 is 0 Å². The van der Waals surface area contributed by atoms with Crippen molar-refractivity contribution < 1.29 is 4.74 Å². The summed E-state index contributed by atoms with van der Waals surface area (Å²) in [6, 6.07) is 0. The van der Waals surface area contributed by atoms with Gasteiger partial charge in [0.05, 0.1) is 6.61 Å². The normalized spacial score (nSPS) is 19.8. The van der Waals surface area contributed by atoms with Crippen LogP contribution in [0.2, 0.25) is 0 Å². The number of allylic oxidation sites excluding steroid dienone is 2. The molecule has 1 nitrogen and oxygen atoms in total. The average Bonchev–Trinajstić information content (AvgIpc) is 2.31. The van der Waals surface area contributed by atoms with E-state index in [1.165, 1.54) is 24.2 Å². The van der Waals surface area contributed by atoms with E-state index >= 15 is 0 Å². The summed E-state index contributed by atoms with van der Waals surface area (Å²) < 4.78 is 5.89. The molecule has 96 valence electrons. The second-order valence-electron chi connectivity index (χ2n) is 4.99. The van der Waals surface area contributed by atoms with Crippen LogP contribution in [0.3, 0.4) is 0 Å². The molecule has 0 spiro atoms. The van der Waals surface area contributed by atoms with E-state index in [2.05, 4.69) is 34.6 Å². The number of ether oxygens (including phenoxy) is 1. The highest BCUT2D eigenvalue weighted by Gasteiger charge is 2.34. The molecule has 1 heterocycles. The third kappa shape index (κ3) is 3.26. The predicted molar refractivity (Wildman–Crippen MR) is 72.5 cm³/mol. The van der Waals surface area contributed by atoms with Gasteiger partial charge in [-0.15, -0.1) is 0 Å². The Labute approximate surface area is 102 Å². The van der Waals surface area contributed by atoms with Gasteiger partial charge in [-0.25, -0.2) is 0 Å². The van der Waals surface area contributed by atoms with Crippen LogP contribution >= 0.6 is 0 Å². The first kappa shape index (κ1) is 15.5. The smallest absolute Gasteiger partial charge is 0.101 e. The lowest BCUT2D eigenvalue weighted by molar-refractivity contribution is 0.0831. The maximum atomic E-state index is 5.89. The molecule has 0 aromatic heterocycles. The molecule has 1 unspecified atom stereocenters. The van der Waals surface area contributed by atoms with Gasteiger partial charge in [0.15, 0.2) is 0 Å². The number of hydrogen-bond donors (Lipinski definition) is 0. The maximum Gasteiger partial charge on any atom is 0.101 e. The third-order valence-electron chi connectivity index (χ3n) is 3.86. The van der Waals surface area contributed by atoms with Crippen LogP contribution in [0.15, 0.2) is 11.3 Å². The first-order valence-electron chi connectivity index (χ1n) is 6.85. The molecule has 16 heavy (non-hydrogen) atoms. The van der Waals surface area contributed by atoms with Crippen molar-refractivity contribution >= 4 is 0 Å². The van der Waals surface area contributed by atoms with Crippen molar-refractivity contribution in [2.24, 2.45) is 11.3 Å². The lowest BCUT2D eigenvalue weighted by Gasteiger charge is -2.38. The third-order valence-corrected chi connectivity index (χ3v) is 3.86. The largest absolute Gasteiger partial charge is 0.497 e. The van der Waals surface area contributed by atoms with Crippen LogP contribution in [-0.4, -0.2) is 6.61 Å². The van der Waals surface area contributed by atoms with E-state index in [-0.39, 0.29) is 5.41 Å². The SMILES string of the molecule is CC.CCC(C)(C1=C(C)CCCO1)C(C)C. The molecule has 0 saturated carbocycles. The maximum absolute atomic E-state index is 5.89. The minimum Gasteiger partial charge on any atom is -0.497 e. The second kappa shape index (κ2) is 6.98. The average molecular weight is 226 g/mol. The van der Waals surface area contributed by atoms with Crippen molar-refractivity contribution in [1.82, 2.24) is 0 Å². The molecule has 0 N–H and O–H groups in total. The van der Waals surface area contributed by atoms with E-state index in [0.29, 0.717) is 5.92 Å². The molecule has 0 amide bonds. The molecule has 1 aliphatic rings. The fourth-order valence-corrected chi connectivity index (χ4v) is 2.23. The summed E-state index contributed by atoms with van der Waals surface area (Å²) in [4.78, 5) is 0. The highest BCUT2D eigenvalue weighted by molar-refractivity contribution is 5.17. The molecule has 1 heteroatoms. The van der Waals surface area contributed by atoms with Crippen molar-refractivity contribution in [1.29, 1.82) is 0 Å². The van der Waals surface area contributed by atoms with Crippen LogP contribution in [0.5, 0.6) is 0 Å². The summed E-state index contributed by atoms with van der Waals surface area (Å²) in [5.41, 5.74) is 1.71. The number of hydrogen-bond acceptors (Lipinski definition) is 1. The fourth-order valence-electron chi connectivity index (χ4n) is 2.23. The molecular formula is C15H30O. The van der Waals surface area contributed by atoms with Gasteiger partial charge in [-0.1, -0.05) is 41.5 Å². The molecule has 0 aliphatic carbocycles. The van der Waals surface area contributed by atoms with E-state index in [0.717, 1.165) is 13.0 Å². The molecule has 1 atom stereocenters. The van der Waals surface area contributed by atoms with Gasteiger partial charge < -0.3 is 4.74 Å². The summed E-state index contributed by atoms with van der Waals surface area (Å²) in [6.45, 7) is 16.3. The molecule has 1 aliphatic heterocycles. The molecule has 1 rings (SSSR count). The van der Waals surface area contributed by atoms with Crippen molar-refractivity contribution in [3.05, 3.63) is 11.3 Å². The van der Waals surface area contributed by atoms with Gasteiger partial charge in [-0.2, -0.15) is 0 Å². The highest BCUT2D eigenvalue weighted by Crippen LogP contribution is 2.42. The molecule has 0 aromatic carbocycles. The minimum absolute atomic E-state index is 0.241. The van der Waals surface area contributed by atoms with Gasteiger partial charge in [0.2, 0.25) is 0 Å². The van der Waals surface area contributed by atoms with Gasteiger partial charge >= 0.3 is 0 Å². The van der Waals surface area contributed by atoms with Crippen LogP contribution in [0, 0.1) is 11.3 Å². The van der Waals surface area contributed by atoms with Gasteiger partial charge in [-0.3, -0.25) is 0 Å². The van der Waals surface area contributed by atoms with Crippen LogP contribution in [0.25, 0.3) is 0 Å². The Kier molecular flexibility index (Phi) is 6.78. The first-order valence-corrected chi connectivity index (χ1v) is 6.85. The standard InChI is InChI=1S/C13H24O.C2H6/c1-6-13(5,10(2)3)12-11(4)8-7-9-14-12;1-2/h10H,6-9H2,1-5H3;1-2H3. The number of rotatable bonds is 3. The lowest BCUT2D eigenvalue weighted by Crippen LogP contribution is -2.29. The first-order chi connectivity index (χ1) is 7.52. The van der Waals surface area contributed by atoms with E-state index in [1.54, 1.807) is 0 Å². The van der Waals surface area contributed by atoms with Crippen LogP contribution in [0.4, 0.5) is 0 Å². The molecular weight excluding hydrogens is 196 g/mol. The molecule has 0 saturated heterocycles. The summed E-state index contributed by atoms with van der Waals surface area (Å²) in [7, 11) is 0. The van der Waals surface area contributed by atoms with E-state index < -0.39 is 0 Å². The summed E-state index contributed by atoms with van der Waals surface area (Å²) in [6.07, 6.45) is 3.57. The Morgan fingerprint density at radius 3 is 2.25 bits per heavy atom. The van der Waals surface area contributed by atoms with E-state index in [1.807, 2.05) is 13.8 Å². The van der Waals surface area contributed by atoms with Crippen LogP contribution in [0.1, 0.15) is 67.7 Å². The Morgan fingerprint density at radius 2 is 1.88 bits per heavy atom. The Hall–Kier alpha value is -0.460. The summed E-state index contributed by atoms with van der Waals surface area (Å²) in [5, 5.41) is 0. The van der Waals surface area contributed by atoms with Gasteiger partial charge in [0.25, 0.3) is 0 Å².